The van der Waals surface area contributed by atoms with E-state index in [9.17, 15) is 14.9 Å². The summed E-state index contributed by atoms with van der Waals surface area (Å²) >= 11 is 9.14. The molecule has 116 valence electrons. The first-order chi connectivity index (χ1) is 10.9. The van der Waals surface area contributed by atoms with Gasteiger partial charge in [-0.25, -0.2) is 0 Å². The predicted molar refractivity (Wildman–Crippen MR) is 92.0 cm³/mol. The lowest BCUT2D eigenvalue weighted by atomic mass is 10.1. The Bertz CT molecular complexity index is 1010. The maximum atomic E-state index is 12.5. The lowest BCUT2D eigenvalue weighted by molar-refractivity contribution is -0.384. The van der Waals surface area contributed by atoms with E-state index in [4.69, 9.17) is 16.0 Å². The van der Waals surface area contributed by atoms with E-state index in [1.165, 1.54) is 12.1 Å². The summed E-state index contributed by atoms with van der Waals surface area (Å²) in [6, 6.07) is 9.43. The van der Waals surface area contributed by atoms with E-state index in [-0.39, 0.29) is 16.1 Å². The van der Waals surface area contributed by atoms with Gasteiger partial charge in [-0.15, -0.1) is 0 Å². The third-order valence-electron chi connectivity index (χ3n) is 3.48. The molecule has 0 saturated heterocycles. The second kappa shape index (κ2) is 5.79. The molecule has 1 heterocycles. The minimum atomic E-state index is -0.572. The van der Waals surface area contributed by atoms with Gasteiger partial charge in [-0.05, 0) is 37.3 Å². The second-order valence-electron chi connectivity index (χ2n) is 4.95. The summed E-state index contributed by atoms with van der Waals surface area (Å²) in [7, 11) is 0. The van der Waals surface area contributed by atoms with Crippen molar-refractivity contribution < 1.29 is 9.34 Å². The minimum Gasteiger partial charge on any atom is -0.456 e. The van der Waals surface area contributed by atoms with Crippen molar-refractivity contribution in [1.82, 2.24) is 0 Å². The molecule has 5 nitrogen and oxygen atoms in total. The van der Waals surface area contributed by atoms with Crippen molar-refractivity contribution in [1.29, 1.82) is 0 Å². The molecule has 0 spiro atoms. The Labute approximate surface area is 143 Å². The summed E-state index contributed by atoms with van der Waals surface area (Å²) in [4.78, 5) is 23.0. The van der Waals surface area contributed by atoms with Gasteiger partial charge in [0.1, 0.15) is 16.4 Å². The van der Waals surface area contributed by atoms with Gasteiger partial charge in [0.2, 0.25) is 0 Å². The van der Waals surface area contributed by atoms with Gasteiger partial charge in [0.05, 0.1) is 10.3 Å². The van der Waals surface area contributed by atoms with Gasteiger partial charge in [-0.1, -0.05) is 27.5 Å². The van der Waals surface area contributed by atoms with Crippen LogP contribution in [-0.4, -0.2) is 4.92 Å². The second-order valence-corrected chi connectivity index (χ2v) is 6.27. The number of nitro groups is 1. The number of fused-ring (bicyclic) bond motifs is 1. The largest absolute Gasteiger partial charge is 0.456 e. The Kier molecular flexibility index (Phi) is 3.95. The van der Waals surface area contributed by atoms with Crippen molar-refractivity contribution in [3.05, 3.63) is 71.8 Å². The molecule has 0 aliphatic heterocycles. The Morgan fingerprint density at radius 3 is 2.65 bits per heavy atom. The molecule has 7 heteroatoms. The lowest BCUT2D eigenvalue weighted by Gasteiger charge is -2.08. The monoisotopic (exact) mass is 393 g/mol. The number of nitro benzene ring substituents is 1. The van der Waals surface area contributed by atoms with Crippen LogP contribution in [0.3, 0.4) is 0 Å². The summed E-state index contributed by atoms with van der Waals surface area (Å²) in [6.07, 6.45) is 0. The smallest absolute Gasteiger partial charge is 0.288 e. The van der Waals surface area contributed by atoms with Crippen LogP contribution in [-0.2, 0) is 0 Å². The number of benzene rings is 2. The number of hydrogen-bond acceptors (Lipinski definition) is 4. The topological polar surface area (TPSA) is 73.3 Å². The molecule has 0 unspecified atom stereocenters. The zero-order valence-corrected chi connectivity index (χ0v) is 14.1. The van der Waals surface area contributed by atoms with E-state index in [0.29, 0.717) is 27.9 Å². The van der Waals surface area contributed by atoms with Gasteiger partial charge in [-0.3, -0.25) is 14.9 Å². The quantitative estimate of drug-likeness (QED) is 0.448. The van der Waals surface area contributed by atoms with Crippen LogP contribution in [0.25, 0.3) is 22.3 Å². The SMILES string of the molecule is Cc1c(-c2ccc(Cl)c([N+](=O)[O-])c2)oc2ccc(Br)cc2c1=O. The van der Waals surface area contributed by atoms with E-state index in [1.807, 2.05) is 0 Å². The van der Waals surface area contributed by atoms with Crippen molar-refractivity contribution in [2.45, 2.75) is 6.92 Å². The molecule has 2 aromatic carbocycles. The molecule has 0 aliphatic carbocycles. The number of halogens is 2. The highest BCUT2D eigenvalue weighted by Gasteiger charge is 2.18. The third kappa shape index (κ3) is 2.75. The van der Waals surface area contributed by atoms with E-state index >= 15 is 0 Å². The molecule has 0 N–H and O–H groups in total. The Balaban J connectivity index is 2.31. The van der Waals surface area contributed by atoms with Crippen molar-refractivity contribution >= 4 is 44.2 Å². The molecule has 3 aromatic rings. The fourth-order valence-corrected chi connectivity index (χ4v) is 2.88. The van der Waals surface area contributed by atoms with Crippen molar-refractivity contribution in [3.63, 3.8) is 0 Å². The van der Waals surface area contributed by atoms with Gasteiger partial charge >= 0.3 is 0 Å². The van der Waals surface area contributed by atoms with Gasteiger partial charge < -0.3 is 4.42 Å². The van der Waals surface area contributed by atoms with Crippen LogP contribution in [0.5, 0.6) is 0 Å². The molecule has 0 bridgehead atoms. The van der Waals surface area contributed by atoms with Gasteiger partial charge in [0.15, 0.2) is 5.43 Å². The molecule has 0 radical (unpaired) electrons. The molecule has 3 rings (SSSR count). The van der Waals surface area contributed by atoms with Crippen LogP contribution in [0.4, 0.5) is 5.69 Å². The zero-order chi connectivity index (χ0) is 16.7. The van der Waals surface area contributed by atoms with Gasteiger partial charge in [0, 0.05) is 21.7 Å². The predicted octanol–water partition coefficient (Wildman–Crippen LogP) is 5.09. The summed E-state index contributed by atoms with van der Waals surface area (Å²) < 4.78 is 6.57. The highest BCUT2D eigenvalue weighted by molar-refractivity contribution is 9.10. The average molecular weight is 395 g/mol. The molecular formula is C16H9BrClNO4. The molecular weight excluding hydrogens is 386 g/mol. The highest BCUT2D eigenvalue weighted by Crippen LogP contribution is 2.32. The fraction of sp³-hybridized carbons (Fsp3) is 0.0625. The van der Waals surface area contributed by atoms with Crippen molar-refractivity contribution in [3.8, 4) is 11.3 Å². The Hall–Kier alpha value is -2.18. The van der Waals surface area contributed by atoms with Crippen LogP contribution in [0.2, 0.25) is 5.02 Å². The molecule has 0 aliphatic rings. The summed E-state index contributed by atoms with van der Waals surface area (Å²) in [5, 5.41) is 11.5. The third-order valence-corrected chi connectivity index (χ3v) is 4.30. The average Bonchev–Trinajstić information content (AvgIpc) is 2.52. The molecule has 0 amide bonds. The first-order valence-corrected chi connectivity index (χ1v) is 7.73. The highest BCUT2D eigenvalue weighted by atomic mass is 79.9. The van der Waals surface area contributed by atoms with Crippen LogP contribution in [0.1, 0.15) is 5.56 Å². The van der Waals surface area contributed by atoms with E-state index in [1.54, 1.807) is 31.2 Å². The van der Waals surface area contributed by atoms with Crippen molar-refractivity contribution in [2.24, 2.45) is 0 Å². The summed E-state index contributed by atoms with van der Waals surface area (Å²) in [5.74, 6) is 0.296. The molecule has 23 heavy (non-hydrogen) atoms. The van der Waals surface area contributed by atoms with E-state index in [0.717, 1.165) is 4.47 Å². The Morgan fingerprint density at radius 1 is 1.22 bits per heavy atom. The van der Waals surface area contributed by atoms with Gasteiger partial charge in [-0.2, -0.15) is 0 Å². The van der Waals surface area contributed by atoms with Crippen LogP contribution < -0.4 is 5.43 Å². The first-order valence-electron chi connectivity index (χ1n) is 6.56. The normalized spacial score (nSPS) is 10.9. The standard InChI is InChI=1S/C16H9BrClNO4/c1-8-15(20)11-7-10(17)3-5-14(11)23-16(8)9-2-4-12(18)13(6-9)19(21)22/h2-7H,1H3. The zero-order valence-electron chi connectivity index (χ0n) is 11.8. The van der Waals surface area contributed by atoms with Crippen molar-refractivity contribution in [2.75, 3.05) is 0 Å². The minimum absolute atomic E-state index is 0.0310. The maximum absolute atomic E-state index is 12.5. The number of hydrogen-bond donors (Lipinski definition) is 0. The van der Waals surface area contributed by atoms with Crippen LogP contribution in [0.15, 0.2) is 50.1 Å². The van der Waals surface area contributed by atoms with E-state index in [2.05, 4.69) is 15.9 Å². The molecule has 0 saturated carbocycles. The fourth-order valence-electron chi connectivity index (χ4n) is 2.33. The van der Waals surface area contributed by atoms with Crippen LogP contribution >= 0.6 is 27.5 Å². The lowest BCUT2D eigenvalue weighted by Crippen LogP contribution is -2.07. The summed E-state index contributed by atoms with van der Waals surface area (Å²) in [5.41, 5.74) is 0.811. The maximum Gasteiger partial charge on any atom is 0.288 e. The van der Waals surface area contributed by atoms with Crippen LogP contribution in [0, 0.1) is 17.0 Å². The Morgan fingerprint density at radius 2 is 1.96 bits per heavy atom. The number of rotatable bonds is 2. The molecule has 0 fully saturated rings. The molecule has 1 aromatic heterocycles. The number of nitrogens with zero attached hydrogens (tertiary/aromatic N) is 1. The summed E-state index contributed by atoms with van der Waals surface area (Å²) in [6.45, 7) is 1.63. The molecule has 0 atom stereocenters. The van der Waals surface area contributed by atoms with E-state index < -0.39 is 4.92 Å². The first kappa shape index (κ1) is 15.7. The van der Waals surface area contributed by atoms with Gasteiger partial charge in [0.25, 0.3) is 5.69 Å².